The van der Waals surface area contributed by atoms with Crippen LogP contribution in [-0.4, -0.2) is 39.6 Å². The zero-order valence-electron chi connectivity index (χ0n) is 16.3. The maximum atomic E-state index is 12.4. The molecule has 1 amide bonds. The van der Waals surface area contributed by atoms with E-state index in [4.69, 9.17) is 4.74 Å². The molecular formula is C20H28N4O2S. The number of para-hydroxylation sites is 1. The Kier molecular flexibility index (Phi) is 6.77. The summed E-state index contributed by atoms with van der Waals surface area (Å²) in [6.07, 6.45) is 4.76. The second-order valence-electron chi connectivity index (χ2n) is 6.98. The molecule has 0 unspecified atom stereocenters. The minimum absolute atomic E-state index is 0.0724. The molecule has 1 aromatic carbocycles. The molecule has 0 spiro atoms. The second kappa shape index (κ2) is 9.26. The average molecular weight is 389 g/mol. The molecule has 7 heteroatoms. The number of hydrogen-bond donors (Lipinski definition) is 1. The highest BCUT2D eigenvalue weighted by molar-refractivity contribution is 7.99. The number of benzene rings is 1. The molecule has 27 heavy (non-hydrogen) atoms. The summed E-state index contributed by atoms with van der Waals surface area (Å²) < 4.78 is 7.48. The fourth-order valence-electron chi connectivity index (χ4n) is 3.62. The third-order valence-electron chi connectivity index (χ3n) is 5.17. The van der Waals surface area contributed by atoms with Gasteiger partial charge in [-0.15, -0.1) is 10.2 Å². The Morgan fingerprint density at radius 1 is 1.30 bits per heavy atom. The molecule has 1 N–H and O–H groups in total. The van der Waals surface area contributed by atoms with Gasteiger partial charge in [0.25, 0.3) is 0 Å². The summed E-state index contributed by atoms with van der Waals surface area (Å²) in [5.41, 5.74) is 0.904. The number of aromatic nitrogens is 3. The van der Waals surface area contributed by atoms with Gasteiger partial charge in [-0.05, 0) is 37.8 Å². The van der Waals surface area contributed by atoms with Crippen molar-refractivity contribution in [2.45, 2.75) is 57.3 Å². The summed E-state index contributed by atoms with van der Waals surface area (Å²) in [4.78, 5) is 12.4. The smallest absolute Gasteiger partial charge is 0.230 e. The zero-order chi connectivity index (χ0) is 19.2. The van der Waals surface area contributed by atoms with Crippen LogP contribution in [0.2, 0.25) is 0 Å². The quantitative estimate of drug-likeness (QED) is 0.732. The molecule has 0 aliphatic heterocycles. The van der Waals surface area contributed by atoms with Gasteiger partial charge in [-0.1, -0.05) is 43.7 Å². The number of nitrogens with zero attached hydrogens (tertiary/aromatic N) is 3. The highest BCUT2D eigenvalue weighted by atomic mass is 32.2. The van der Waals surface area contributed by atoms with Crippen LogP contribution in [0.5, 0.6) is 5.75 Å². The number of thioether (sulfide) groups is 1. The molecule has 2 aromatic rings. The van der Waals surface area contributed by atoms with Gasteiger partial charge in [0.1, 0.15) is 5.75 Å². The van der Waals surface area contributed by atoms with E-state index in [-0.39, 0.29) is 5.91 Å². The van der Waals surface area contributed by atoms with Crippen molar-refractivity contribution in [3.8, 4) is 17.1 Å². The summed E-state index contributed by atoms with van der Waals surface area (Å²) >= 11 is 1.43. The second-order valence-corrected chi connectivity index (χ2v) is 7.92. The number of methoxy groups -OCH3 is 1. The van der Waals surface area contributed by atoms with E-state index in [9.17, 15) is 4.79 Å². The summed E-state index contributed by atoms with van der Waals surface area (Å²) in [6.45, 7) is 5.00. The standard InChI is InChI=1S/C20H28N4O2S/c1-4-24-19(15-10-6-8-12-17(15)26-3)22-23-20(24)27-13-18(25)21-16-11-7-5-9-14(16)2/h6,8,10,12,14,16H,4-5,7,9,11,13H2,1-3H3,(H,21,25)/t14-,16+/m1/s1. The van der Waals surface area contributed by atoms with Crippen LogP contribution in [-0.2, 0) is 11.3 Å². The van der Waals surface area contributed by atoms with Crippen molar-refractivity contribution >= 4 is 17.7 Å². The van der Waals surface area contributed by atoms with Gasteiger partial charge in [0.05, 0.1) is 18.4 Å². The first kappa shape index (κ1) is 19.7. The van der Waals surface area contributed by atoms with Gasteiger partial charge >= 0.3 is 0 Å². The monoisotopic (exact) mass is 388 g/mol. The van der Waals surface area contributed by atoms with Crippen LogP contribution >= 0.6 is 11.8 Å². The lowest BCUT2D eigenvalue weighted by Gasteiger charge is -2.29. The predicted octanol–water partition coefficient (Wildman–Crippen LogP) is 3.76. The number of ether oxygens (including phenoxy) is 1. The van der Waals surface area contributed by atoms with Crippen molar-refractivity contribution in [2.75, 3.05) is 12.9 Å². The molecule has 0 radical (unpaired) electrons. The number of carbonyl (C=O) groups excluding carboxylic acids is 1. The molecule has 1 fully saturated rings. The van der Waals surface area contributed by atoms with Crippen LogP contribution in [0.15, 0.2) is 29.4 Å². The molecular weight excluding hydrogens is 360 g/mol. The number of amides is 1. The van der Waals surface area contributed by atoms with E-state index in [0.29, 0.717) is 17.7 Å². The first-order valence-electron chi connectivity index (χ1n) is 9.62. The number of rotatable bonds is 7. The number of nitrogens with one attached hydrogen (secondary N) is 1. The van der Waals surface area contributed by atoms with Crippen LogP contribution in [0, 0.1) is 5.92 Å². The summed E-state index contributed by atoms with van der Waals surface area (Å²) in [5.74, 6) is 2.51. The fraction of sp³-hybridized carbons (Fsp3) is 0.550. The third-order valence-corrected chi connectivity index (χ3v) is 6.14. The lowest BCUT2D eigenvalue weighted by atomic mass is 9.86. The van der Waals surface area contributed by atoms with E-state index in [1.165, 1.54) is 31.0 Å². The molecule has 2 atom stereocenters. The zero-order valence-corrected chi connectivity index (χ0v) is 17.1. The summed E-state index contributed by atoms with van der Waals surface area (Å²) in [7, 11) is 1.65. The van der Waals surface area contributed by atoms with Crippen molar-refractivity contribution in [2.24, 2.45) is 5.92 Å². The molecule has 146 valence electrons. The van der Waals surface area contributed by atoms with Crippen molar-refractivity contribution in [3.63, 3.8) is 0 Å². The number of carbonyl (C=O) groups is 1. The normalized spacial score (nSPS) is 19.7. The van der Waals surface area contributed by atoms with Gasteiger partial charge < -0.3 is 14.6 Å². The molecule has 3 rings (SSSR count). The fourth-order valence-corrected chi connectivity index (χ4v) is 4.43. The molecule has 0 saturated heterocycles. The minimum Gasteiger partial charge on any atom is -0.496 e. The average Bonchev–Trinajstić information content (AvgIpc) is 3.10. The van der Waals surface area contributed by atoms with E-state index < -0.39 is 0 Å². The largest absolute Gasteiger partial charge is 0.496 e. The van der Waals surface area contributed by atoms with E-state index in [1.807, 2.05) is 28.8 Å². The van der Waals surface area contributed by atoms with Crippen LogP contribution < -0.4 is 10.1 Å². The van der Waals surface area contributed by atoms with Gasteiger partial charge in [0, 0.05) is 12.6 Å². The van der Waals surface area contributed by atoms with Crippen molar-refractivity contribution < 1.29 is 9.53 Å². The van der Waals surface area contributed by atoms with Crippen molar-refractivity contribution in [3.05, 3.63) is 24.3 Å². The summed E-state index contributed by atoms with van der Waals surface area (Å²) in [5, 5.41) is 12.6. The van der Waals surface area contributed by atoms with Crippen molar-refractivity contribution in [1.82, 2.24) is 20.1 Å². The maximum Gasteiger partial charge on any atom is 0.230 e. The Labute approximate surface area is 165 Å². The van der Waals surface area contributed by atoms with Crippen LogP contribution in [0.4, 0.5) is 0 Å². The summed E-state index contributed by atoms with van der Waals surface area (Å²) in [6, 6.07) is 8.08. The minimum atomic E-state index is 0.0724. The van der Waals surface area contributed by atoms with Crippen molar-refractivity contribution in [1.29, 1.82) is 0 Å². The highest BCUT2D eigenvalue weighted by Gasteiger charge is 2.23. The van der Waals surface area contributed by atoms with Crippen LogP contribution in [0.1, 0.15) is 39.5 Å². The van der Waals surface area contributed by atoms with Gasteiger partial charge in [-0.3, -0.25) is 4.79 Å². The maximum absolute atomic E-state index is 12.4. The Bertz CT molecular complexity index is 777. The Hall–Kier alpha value is -2.02. The van der Waals surface area contributed by atoms with E-state index in [1.54, 1.807) is 7.11 Å². The van der Waals surface area contributed by atoms with E-state index in [0.717, 1.165) is 35.3 Å². The van der Waals surface area contributed by atoms with E-state index >= 15 is 0 Å². The molecule has 6 nitrogen and oxygen atoms in total. The number of hydrogen-bond acceptors (Lipinski definition) is 5. The molecule has 1 aliphatic carbocycles. The lowest BCUT2D eigenvalue weighted by molar-refractivity contribution is -0.119. The van der Waals surface area contributed by atoms with Gasteiger partial charge in [0.15, 0.2) is 11.0 Å². The topological polar surface area (TPSA) is 69.0 Å². The Balaban J connectivity index is 1.67. The van der Waals surface area contributed by atoms with E-state index in [2.05, 4.69) is 29.4 Å². The molecule has 1 aliphatic rings. The van der Waals surface area contributed by atoms with Gasteiger partial charge in [-0.25, -0.2) is 0 Å². The van der Waals surface area contributed by atoms with Crippen LogP contribution in [0.3, 0.4) is 0 Å². The van der Waals surface area contributed by atoms with Gasteiger partial charge in [0.2, 0.25) is 5.91 Å². The molecule has 1 saturated carbocycles. The molecule has 1 aromatic heterocycles. The lowest BCUT2D eigenvalue weighted by Crippen LogP contribution is -2.41. The first-order chi connectivity index (χ1) is 13.1. The molecule has 0 bridgehead atoms. The van der Waals surface area contributed by atoms with Crippen LogP contribution in [0.25, 0.3) is 11.4 Å². The Morgan fingerprint density at radius 2 is 2.07 bits per heavy atom. The molecule has 1 heterocycles. The predicted molar refractivity (Wildman–Crippen MR) is 108 cm³/mol. The third kappa shape index (κ3) is 4.64. The Morgan fingerprint density at radius 3 is 2.81 bits per heavy atom. The SMILES string of the molecule is CCn1c(SCC(=O)N[C@H]2CCCC[C@H]2C)nnc1-c1ccccc1OC. The highest BCUT2D eigenvalue weighted by Crippen LogP contribution is 2.31. The first-order valence-corrected chi connectivity index (χ1v) is 10.6. The van der Waals surface area contributed by atoms with Gasteiger partial charge in [-0.2, -0.15) is 0 Å².